The Kier molecular flexibility index (Phi) is 10.0. The Morgan fingerprint density at radius 1 is 0.690 bits per heavy atom. The highest BCUT2D eigenvalue weighted by Crippen LogP contribution is 2.38. The maximum Gasteiger partial charge on any atom is 0.461 e. The smallest absolute Gasteiger partial charge is 0.433 e. The SMILES string of the molecule is CCCC1CCC(CCC(F)(F)Oc2ccc(-c3cc(F)c(-c4ccc(OC(F)(F)C(F)F)cc4)c(F)c3)cc2)CC1. The van der Waals surface area contributed by atoms with Crippen molar-refractivity contribution < 1.29 is 44.6 Å². The van der Waals surface area contributed by atoms with Crippen LogP contribution in [0.1, 0.15) is 58.3 Å². The molecule has 1 fully saturated rings. The van der Waals surface area contributed by atoms with E-state index in [0.29, 0.717) is 17.9 Å². The summed E-state index contributed by atoms with van der Waals surface area (Å²) < 4.78 is 119. The molecule has 0 unspecified atom stereocenters. The second-order valence-corrected chi connectivity index (χ2v) is 10.8. The largest absolute Gasteiger partial charge is 0.461 e. The van der Waals surface area contributed by atoms with Crippen LogP contribution in [-0.4, -0.2) is 18.6 Å². The van der Waals surface area contributed by atoms with Crippen LogP contribution in [0.25, 0.3) is 22.3 Å². The van der Waals surface area contributed by atoms with Gasteiger partial charge in [-0.1, -0.05) is 69.7 Å². The van der Waals surface area contributed by atoms with Crippen LogP contribution in [0.4, 0.5) is 35.1 Å². The van der Waals surface area contributed by atoms with Crippen LogP contribution < -0.4 is 9.47 Å². The van der Waals surface area contributed by atoms with E-state index in [9.17, 15) is 35.1 Å². The molecule has 0 radical (unpaired) electrons. The van der Waals surface area contributed by atoms with Gasteiger partial charge >= 0.3 is 18.6 Å². The average molecular weight is 601 g/mol. The molecule has 3 aromatic carbocycles. The summed E-state index contributed by atoms with van der Waals surface area (Å²) in [6, 6.07) is 11.4. The molecule has 1 aliphatic rings. The molecule has 3 aromatic rings. The first-order chi connectivity index (χ1) is 19.9. The standard InChI is InChI=1S/C32H32F8O2/c1-2-3-20-4-6-21(7-5-20)16-17-31(37,38)41-25-12-8-22(9-13-25)24-18-27(33)29(28(34)19-24)23-10-14-26(15-11-23)42-32(39,40)30(35)36/h8-15,18-21,30H,2-7,16-17H2,1H3. The molecule has 1 aliphatic carbocycles. The number of benzene rings is 3. The summed E-state index contributed by atoms with van der Waals surface area (Å²) in [5, 5.41) is 0. The van der Waals surface area contributed by atoms with E-state index < -0.39 is 48.0 Å². The van der Waals surface area contributed by atoms with E-state index in [0.717, 1.165) is 68.5 Å². The fourth-order valence-electron chi connectivity index (χ4n) is 5.44. The van der Waals surface area contributed by atoms with E-state index in [1.165, 1.54) is 30.7 Å². The lowest BCUT2D eigenvalue weighted by atomic mass is 9.78. The van der Waals surface area contributed by atoms with Crippen LogP contribution in [0.2, 0.25) is 0 Å². The monoisotopic (exact) mass is 600 g/mol. The summed E-state index contributed by atoms with van der Waals surface area (Å²) in [5.41, 5.74) is -0.0345. The summed E-state index contributed by atoms with van der Waals surface area (Å²) in [4.78, 5) is 0. The van der Waals surface area contributed by atoms with Crippen molar-refractivity contribution in [3.8, 4) is 33.8 Å². The van der Waals surface area contributed by atoms with E-state index in [2.05, 4.69) is 11.7 Å². The molecule has 0 saturated heterocycles. The predicted octanol–water partition coefficient (Wildman–Crippen LogP) is 10.9. The third-order valence-corrected chi connectivity index (χ3v) is 7.65. The summed E-state index contributed by atoms with van der Waals surface area (Å²) in [7, 11) is 0. The van der Waals surface area contributed by atoms with Gasteiger partial charge in [0, 0.05) is 0 Å². The Labute approximate surface area is 239 Å². The molecule has 0 amide bonds. The third-order valence-electron chi connectivity index (χ3n) is 7.65. The van der Waals surface area contributed by atoms with Gasteiger partial charge in [-0.3, -0.25) is 0 Å². The first-order valence-electron chi connectivity index (χ1n) is 14.0. The molecule has 42 heavy (non-hydrogen) atoms. The molecule has 0 aliphatic heterocycles. The molecule has 4 rings (SSSR count). The van der Waals surface area contributed by atoms with Crippen molar-refractivity contribution >= 4 is 0 Å². The number of hydrogen-bond acceptors (Lipinski definition) is 2. The van der Waals surface area contributed by atoms with Gasteiger partial charge in [0.2, 0.25) is 0 Å². The van der Waals surface area contributed by atoms with Crippen LogP contribution in [0.5, 0.6) is 11.5 Å². The quantitative estimate of drug-likeness (QED) is 0.193. The van der Waals surface area contributed by atoms with Crippen molar-refractivity contribution in [1.29, 1.82) is 0 Å². The van der Waals surface area contributed by atoms with E-state index in [1.807, 2.05) is 0 Å². The summed E-state index contributed by atoms with van der Waals surface area (Å²) >= 11 is 0. The number of ether oxygens (including phenoxy) is 2. The lowest BCUT2D eigenvalue weighted by Crippen LogP contribution is -2.33. The molecule has 0 heterocycles. The van der Waals surface area contributed by atoms with Crippen molar-refractivity contribution in [1.82, 2.24) is 0 Å². The Morgan fingerprint density at radius 2 is 1.17 bits per heavy atom. The second-order valence-electron chi connectivity index (χ2n) is 10.8. The van der Waals surface area contributed by atoms with Gasteiger partial charge in [-0.05, 0) is 71.3 Å². The Morgan fingerprint density at radius 3 is 1.67 bits per heavy atom. The Balaban J connectivity index is 1.38. The van der Waals surface area contributed by atoms with Gasteiger partial charge in [-0.15, -0.1) is 0 Å². The molecule has 228 valence electrons. The zero-order valence-electron chi connectivity index (χ0n) is 23.0. The van der Waals surface area contributed by atoms with Crippen molar-refractivity contribution in [3.63, 3.8) is 0 Å². The zero-order valence-corrected chi connectivity index (χ0v) is 23.0. The summed E-state index contributed by atoms with van der Waals surface area (Å²) in [5.74, 6) is -1.67. The summed E-state index contributed by atoms with van der Waals surface area (Å²) in [6.45, 7) is 2.16. The minimum Gasteiger partial charge on any atom is -0.433 e. The van der Waals surface area contributed by atoms with Gasteiger partial charge < -0.3 is 9.47 Å². The fourth-order valence-corrected chi connectivity index (χ4v) is 5.44. The Hall–Kier alpha value is -3.30. The maximum atomic E-state index is 14.9. The van der Waals surface area contributed by atoms with Crippen LogP contribution >= 0.6 is 0 Å². The fraction of sp³-hybridized carbons (Fsp3) is 0.438. The van der Waals surface area contributed by atoms with Gasteiger partial charge in [0.05, 0.1) is 12.0 Å². The molecular formula is C32H32F8O2. The molecule has 0 spiro atoms. The first-order valence-corrected chi connectivity index (χ1v) is 14.0. The van der Waals surface area contributed by atoms with Crippen LogP contribution in [0.15, 0.2) is 60.7 Å². The van der Waals surface area contributed by atoms with Gasteiger partial charge in [0.15, 0.2) is 0 Å². The highest BCUT2D eigenvalue weighted by molar-refractivity contribution is 5.72. The van der Waals surface area contributed by atoms with Crippen molar-refractivity contribution in [2.45, 2.75) is 76.9 Å². The lowest BCUT2D eigenvalue weighted by Gasteiger charge is -2.29. The molecule has 0 bridgehead atoms. The predicted molar refractivity (Wildman–Crippen MR) is 144 cm³/mol. The van der Waals surface area contributed by atoms with Crippen LogP contribution in [0.3, 0.4) is 0 Å². The van der Waals surface area contributed by atoms with Crippen molar-refractivity contribution in [2.75, 3.05) is 0 Å². The molecule has 2 nitrogen and oxygen atoms in total. The summed E-state index contributed by atoms with van der Waals surface area (Å²) in [6.07, 6.45) is -5.71. The van der Waals surface area contributed by atoms with Gasteiger partial charge in [0.25, 0.3) is 0 Å². The van der Waals surface area contributed by atoms with Crippen molar-refractivity contribution in [2.24, 2.45) is 11.8 Å². The highest BCUT2D eigenvalue weighted by atomic mass is 19.3. The number of hydrogen-bond donors (Lipinski definition) is 0. The second kappa shape index (κ2) is 13.3. The lowest BCUT2D eigenvalue weighted by molar-refractivity contribution is -0.253. The normalized spacial score (nSPS) is 17.9. The molecule has 1 saturated carbocycles. The van der Waals surface area contributed by atoms with Crippen LogP contribution in [0, 0.1) is 23.5 Å². The van der Waals surface area contributed by atoms with E-state index in [-0.39, 0.29) is 22.8 Å². The topological polar surface area (TPSA) is 18.5 Å². The minimum absolute atomic E-state index is 0.0377. The zero-order chi connectivity index (χ0) is 30.5. The number of halogens is 8. The number of rotatable bonds is 12. The minimum atomic E-state index is -4.72. The third kappa shape index (κ3) is 8.16. The van der Waals surface area contributed by atoms with E-state index >= 15 is 0 Å². The van der Waals surface area contributed by atoms with Gasteiger partial charge in [0.1, 0.15) is 23.1 Å². The average Bonchev–Trinajstić information content (AvgIpc) is 2.93. The molecular weight excluding hydrogens is 568 g/mol. The first kappa shape index (κ1) is 31.6. The van der Waals surface area contributed by atoms with Crippen molar-refractivity contribution in [3.05, 3.63) is 72.3 Å². The molecule has 0 N–H and O–H groups in total. The highest BCUT2D eigenvalue weighted by Gasteiger charge is 2.44. The molecule has 0 aromatic heterocycles. The Bertz CT molecular complexity index is 1280. The number of alkyl halides is 6. The van der Waals surface area contributed by atoms with Gasteiger partial charge in [-0.2, -0.15) is 26.3 Å². The van der Waals surface area contributed by atoms with Crippen LogP contribution in [-0.2, 0) is 0 Å². The molecule has 0 atom stereocenters. The van der Waals surface area contributed by atoms with Gasteiger partial charge in [-0.25, -0.2) is 8.78 Å². The maximum absolute atomic E-state index is 14.9. The van der Waals surface area contributed by atoms with E-state index in [1.54, 1.807) is 0 Å². The van der Waals surface area contributed by atoms with E-state index in [4.69, 9.17) is 4.74 Å². The molecule has 10 heteroatoms.